The number of piperidine rings is 1. The Bertz CT molecular complexity index is 785. The van der Waals surface area contributed by atoms with E-state index in [9.17, 15) is 14.4 Å². The Hall–Kier alpha value is -2.83. The van der Waals surface area contributed by atoms with E-state index in [4.69, 9.17) is 4.74 Å². The number of nitrogens with one attached hydrogen (secondary N) is 2. The van der Waals surface area contributed by atoms with Gasteiger partial charge >= 0.3 is 6.09 Å². The Balaban J connectivity index is 2.08. The summed E-state index contributed by atoms with van der Waals surface area (Å²) in [6, 6.07) is 7.12. The van der Waals surface area contributed by atoms with Gasteiger partial charge in [-0.3, -0.25) is 9.59 Å². The van der Waals surface area contributed by atoms with Crippen molar-refractivity contribution in [3.8, 4) is 0 Å². The molecule has 1 atom stereocenters. The summed E-state index contributed by atoms with van der Waals surface area (Å²) in [5.74, 6) is -0.533. The average molecular weight is 402 g/mol. The fraction of sp³-hybridized carbons (Fsp3) is 0.500. The average Bonchev–Trinajstić information content (AvgIpc) is 2.64. The maximum Gasteiger partial charge on any atom is 0.410 e. The first kappa shape index (κ1) is 22.5. The van der Waals surface area contributed by atoms with Crippen LogP contribution in [0.2, 0.25) is 0 Å². The third-order valence-electron chi connectivity index (χ3n) is 4.66. The summed E-state index contributed by atoms with van der Waals surface area (Å²) in [5, 5.41) is 5.77. The number of benzene rings is 1. The van der Waals surface area contributed by atoms with Gasteiger partial charge in [0.25, 0.3) is 5.91 Å². The van der Waals surface area contributed by atoms with E-state index in [0.717, 1.165) is 12.8 Å². The molecule has 1 aliphatic heterocycles. The van der Waals surface area contributed by atoms with Crippen molar-refractivity contribution in [1.82, 2.24) is 15.5 Å². The number of carbonyl (C=O) groups excluding carboxylic acids is 3. The Morgan fingerprint density at radius 2 is 1.97 bits per heavy atom. The predicted molar refractivity (Wildman–Crippen MR) is 111 cm³/mol. The molecule has 2 rings (SSSR count). The van der Waals surface area contributed by atoms with Crippen LogP contribution in [0.4, 0.5) is 4.79 Å². The second-order valence-corrected chi connectivity index (χ2v) is 8.60. The lowest BCUT2D eigenvalue weighted by Crippen LogP contribution is -2.58. The number of hydrogen-bond donors (Lipinski definition) is 2. The van der Waals surface area contributed by atoms with E-state index in [0.29, 0.717) is 24.2 Å². The first-order valence-corrected chi connectivity index (χ1v) is 9.82. The lowest BCUT2D eigenvalue weighted by molar-refractivity contribution is -0.116. The Morgan fingerprint density at radius 3 is 2.62 bits per heavy atom. The second kappa shape index (κ2) is 9.11. The van der Waals surface area contributed by atoms with Crippen LogP contribution in [0.15, 0.2) is 36.9 Å². The number of rotatable bonds is 5. The van der Waals surface area contributed by atoms with Crippen molar-refractivity contribution in [2.24, 2.45) is 0 Å². The third kappa shape index (κ3) is 6.62. The molecule has 1 aromatic carbocycles. The van der Waals surface area contributed by atoms with E-state index in [-0.39, 0.29) is 24.5 Å². The maximum atomic E-state index is 13.0. The number of amides is 3. The first-order chi connectivity index (χ1) is 13.5. The van der Waals surface area contributed by atoms with Crippen LogP contribution >= 0.6 is 0 Å². The van der Waals surface area contributed by atoms with Gasteiger partial charge in [-0.2, -0.15) is 0 Å². The molecule has 0 aromatic heterocycles. The van der Waals surface area contributed by atoms with Crippen LogP contribution in [0, 0.1) is 0 Å². The van der Waals surface area contributed by atoms with Crippen LogP contribution in [0.1, 0.15) is 56.5 Å². The maximum absolute atomic E-state index is 13.0. The highest BCUT2D eigenvalue weighted by molar-refractivity contribution is 5.96. The summed E-state index contributed by atoms with van der Waals surface area (Å²) in [6.07, 6.45) is 2.35. The molecule has 7 heteroatoms. The molecule has 1 fully saturated rings. The van der Waals surface area contributed by atoms with Gasteiger partial charge in [-0.05, 0) is 58.2 Å². The molecule has 29 heavy (non-hydrogen) atoms. The van der Waals surface area contributed by atoms with Gasteiger partial charge in [0.05, 0.1) is 5.54 Å². The smallest absolute Gasteiger partial charge is 0.410 e. The molecule has 1 unspecified atom stereocenters. The fourth-order valence-corrected chi connectivity index (χ4v) is 3.32. The Morgan fingerprint density at radius 1 is 1.28 bits per heavy atom. The standard InChI is InChI=1S/C22H31N3O4/c1-6-18(26)23-14-16-10-7-8-11-17(16)19(27)24-22(5)12-9-13-25(15-22)20(28)29-21(2,3)4/h6-8,10-11H,1,9,12-15H2,2-5H3,(H,23,26)(H,24,27). The van der Waals surface area contributed by atoms with Gasteiger partial charge in [-0.15, -0.1) is 0 Å². The van der Waals surface area contributed by atoms with Crippen molar-refractivity contribution in [1.29, 1.82) is 0 Å². The number of carbonyl (C=O) groups is 3. The molecule has 0 aliphatic carbocycles. The van der Waals surface area contributed by atoms with Crippen LogP contribution in [-0.4, -0.2) is 47.0 Å². The molecule has 0 bridgehead atoms. The minimum Gasteiger partial charge on any atom is -0.444 e. The van der Waals surface area contributed by atoms with Crippen molar-refractivity contribution in [2.75, 3.05) is 13.1 Å². The first-order valence-electron chi connectivity index (χ1n) is 9.82. The van der Waals surface area contributed by atoms with E-state index in [2.05, 4.69) is 17.2 Å². The van der Waals surface area contributed by atoms with Gasteiger partial charge < -0.3 is 20.3 Å². The van der Waals surface area contributed by atoms with Gasteiger partial charge in [0.1, 0.15) is 5.60 Å². The fourth-order valence-electron chi connectivity index (χ4n) is 3.32. The zero-order valence-electron chi connectivity index (χ0n) is 17.7. The van der Waals surface area contributed by atoms with E-state index in [1.807, 2.05) is 33.8 Å². The molecule has 1 aromatic rings. The van der Waals surface area contributed by atoms with Crippen molar-refractivity contribution in [2.45, 2.75) is 58.2 Å². The molecule has 1 aliphatic rings. The van der Waals surface area contributed by atoms with Crippen LogP contribution in [0.25, 0.3) is 0 Å². The Labute approximate surface area is 172 Å². The molecular formula is C22H31N3O4. The summed E-state index contributed by atoms with van der Waals surface area (Å²) in [6.45, 7) is 12.1. The summed E-state index contributed by atoms with van der Waals surface area (Å²) in [5.41, 5.74) is 0.0725. The highest BCUT2D eigenvalue weighted by Crippen LogP contribution is 2.23. The molecule has 3 amide bonds. The zero-order valence-corrected chi connectivity index (χ0v) is 17.7. The predicted octanol–water partition coefficient (Wildman–Crippen LogP) is 3.01. The zero-order chi connectivity index (χ0) is 21.7. The summed E-state index contributed by atoms with van der Waals surface area (Å²) < 4.78 is 5.47. The second-order valence-electron chi connectivity index (χ2n) is 8.60. The van der Waals surface area contributed by atoms with Gasteiger partial charge in [-0.25, -0.2) is 4.79 Å². The van der Waals surface area contributed by atoms with E-state index in [1.54, 1.807) is 23.1 Å². The molecular weight excluding hydrogens is 370 g/mol. The summed E-state index contributed by atoms with van der Waals surface area (Å²) in [7, 11) is 0. The molecule has 2 N–H and O–H groups in total. The quantitative estimate of drug-likeness (QED) is 0.743. The lowest BCUT2D eigenvalue weighted by Gasteiger charge is -2.41. The number of nitrogens with zero attached hydrogens (tertiary/aromatic N) is 1. The molecule has 7 nitrogen and oxygen atoms in total. The van der Waals surface area contributed by atoms with Gasteiger partial charge in [0.2, 0.25) is 5.91 Å². The van der Waals surface area contributed by atoms with Crippen LogP contribution in [0.5, 0.6) is 0 Å². The monoisotopic (exact) mass is 401 g/mol. The van der Waals surface area contributed by atoms with Crippen molar-refractivity contribution >= 4 is 17.9 Å². The van der Waals surface area contributed by atoms with Gasteiger partial charge in [0, 0.05) is 25.2 Å². The molecule has 0 spiro atoms. The Kier molecular flexibility index (Phi) is 7.06. The molecule has 0 saturated carbocycles. The van der Waals surface area contributed by atoms with E-state index < -0.39 is 11.1 Å². The SMILES string of the molecule is C=CC(=O)NCc1ccccc1C(=O)NC1(C)CCCN(C(=O)OC(C)(C)C)C1. The highest BCUT2D eigenvalue weighted by Gasteiger charge is 2.36. The van der Waals surface area contributed by atoms with Crippen molar-refractivity contribution in [3.63, 3.8) is 0 Å². The van der Waals surface area contributed by atoms with Crippen LogP contribution in [-0.2, 0) is 16.1 Å². The number of likely N-dealkylation sites (tertiary alicyclic amines) is 1. The van der Waals surface area contributed by atoms with E-state index >= 15 is 0 Å². The highest BCUT2D eigenvalue weighted by atomic mass is 16.6. The topological polar surface area (TPSA) is 87.7 Å². The molecule has 158 valence electrons. The minimum absolute atomic E-state index is 0.231. The molecule has 1 saturated heterocycles. The van der Waals surface area contributed by atoms with Gasteiger partial charge in [-0.1, -0.05) is 24.8 Å². The van der Waals surface area contributed by atoms with Crippen LogP contribution in [0.3, 0.4) is 0 Å². The largest absolute Gasteiger partial charge is 0.444 e. The lowest BCUT2D eigenvalue weighted by atomic mass is 9.90. The summed E-state index contributed by atoms with van der Waals surface area (Å²) in [4.78, 5) is 38.5. The minimum atomic E-state index is -0.566. The number of ether oxygens (including phenoxy) is 1. The van der Waals surface area contributed by atoms with E-state index in [1.165, 1.54) is 6.08 Å². The third-order valence-corrected chi connectivity index (χ3v) is 4.66. The van der Waals surface area contributed by atoms with Crippen LogP contribution < -0.4 is 10.6 Å². The summed E-state index contributed by atoms with van der Waals surface area (Å²) >= 11 is 0. The normalized spacial score (nSPS) is 19.2. The van der Waals surface area contributed by atoms with Gasteiger partial charge in [0.15, 0.2) is 0 Å². The molecule has 1 heterocycles. The molecule has 0 radical (unpaired) electrons. The van der Waals surface area contributed by atoms with Crippen molar-refractivity contribution < 1.29 is 19.1 Å². The number of hydrogen-bond acceptors (Lipinski definition) is 4. The van der Waals surface area contributed by atoms with Crippen molar-refractivity contribution in [3.05, 3.63) is 48.0 Å².